The van der Waals surface area contributed by atoms with Crippen LogP contribution in [0.15, 0.2) is 54.7 Å². The minimum atomic E-state index is -0.480. The zero-order chi connectivity index (χ0) is 27.4. The van der Waals surface area contributed by atoms with Crippen LogP contribution in [-0.2, 0) is 11.2 Å². The van der Waals surface area contributed by atoms with Crippen molar-refractivity contribution < 1.29 is 9.59 Å². The van der Waals surface area contributed by atoms with Crippen LogP contribution in [0.2, 0.25) is 0 Å². The summed E-state index contributed by atoms with van der Waals surface area (Å²) in [5.74, 6) is -0.170. The Morgan fingerprint density at radius 3 is 2.63 bits per heavy atom. The molecule has 0 aliphatic carbocycles. The van der Waals surface area contributed by atoms with Crippen LogP contribution in [0, 0.1) is 18.3 Å². The van der Waals surface area contributed by atoms with Gasteiger partial charge in [-0.25, -0.2) is 4.98 Å². The standard InChI is InChI=1S/C27H29N9O2/c1-16-8-9-20(12-22(16)31-17(2)37)32-24-13-23(27-30-15-21(14-28)36(27)34-24)33-25(35(3)4)11-18-6-5-7-19(10-18)26(29)38/h5-10,12-13,15,25,33H,11H2,1-4H3,(H2,29,38)(H,31,37)(H,32,34). The summed E-state index contributed by atoms with van der Waals surface area (Å²) in [6.07, 6.45) is 1.85. The van der Waals surface area contributed by atoms with E-state index in [9.17, 15) is 14.9 Å². The number of benzene rings is 2. The monoisotopic (exact) mass is 511 g/mol. The maximum atomic E-state index is 11.6. The number of carbonyl (C=O) groups is 2. The number of rotatable bonds is 9. The molecule has 1 atom stereocenters. The van der Waals surface area contributed by atoms with Crippen LogP contribution in [0.1, 0.15) is 34.1 Å². The summed E-state index contributed by atoms with van der Waals surface area (Å²) in [5, 5.41) is 23.8. The second-order valence-corrected chi connectivity index (χ2v) is 9.16. The number of nitrogens with two attached hydrogens (primary N) is 1. The van der Waals surface area contributed by atoms with Gasteiger partial charge in [-0.15, -0.1) is 5.10 Å². The lowest BCUT2D eigenvalue weighted by molar-refractivity contribution is -0.114. The number of likely N-dealkylation sites (N-methyl/N-ethyl adjacent to an activating group) is 1. The van der Waals surface area contributed by atoms with E-state index in [1.807, 2.05) is 56.3 Å². The highest BCUT2D eigenvalue weighted by atomic mass is 16.1. The summed E-state index contributed by atoms with van der Waals surface area (Å²) in [4.78, 5) is 29.7. The third kappa shape index (κ3) is 5.88. The number of nitrogens with one attached hydrogen (secondary N) is 3. The number of fused-ring (bicyclic) bond motifs is 1. The van der Waals surface area contributed by atoms with Crippen molar-refractivity contribution in [1.82, 2.24) is 19.5 Å². The zero-order valence-corrected chi connectivity index (χ0v) is 21.6. The van der Waals surface area contributed by atoms with Crippen molar-refractivity contribution in [2.45, 2.75) is 26.4 Å². The second-order valence-electron chi connectivity index (χ2n) is 9.16. The molecule has 1 unspecified atom stereocenters. The molecule has 0 bridgehead atoms. The average Bonchev–Trinajstić information content (AvgIpc) is 3.28. The fourth-order valence-electron chi connectivity index (χ4n) is 4.00. The van der Waals surface area contributed by atoms with E-state index in [1.54, 1.807) is 18.2 Å². The lowest BCUT2D eigenvalue weighted by Gasteiger charge is -2.27. The highest BCUT2D eigenvalue weighted by Crippen LogP contribution is 2.27. The lowest BCUT2D eigenvalue weighted by Crippen LogP contribution is -2.37. The van der Waals surface area contributed by atoms with E-state index >= 15 is 0 Å². The van der Waals surface area contributed by atoms with Crippen molar-refractivity contribution in [3.8, 4) is 6.07 Å². The number of carbonyl (C=O) groups excluding carboxylic acids is 2. The van der Waals surface area contributed by atoms with Gasteiger partial charge in [-0.2, -0.15) is 9.78 Å². The van der Waals surface area contributed by atoms with E-state index < -0.39 is 5.91 Å². The molecule has 2 aromatic carbocycles. The van der Waals surface area contributed by atoms with Crippen molar-refractivity contribution in [3.05, 3.63) is 77.1 Å². The van der Waals surface area contributed by atoms with Crippen LogP contribution >= 0.6 is 0 Å². The van der Waals surface area contributed by atoms with Crippen LogP contribution in [0.4, 0.5) is 22.9 Å². The normalized spacial score (nSPS) is 11.7. The van der Waals surface area contributed by atoms with Crippen LogP contribution in [0.3, 0.4) is 0 Å². The molecular weight excluding hydrogens is 482 g/mol. The molecule has 0 saturated heterocycles. The molecule has 2 aromatic heterocycles. The van der Waals surface area contributed by atoms with E-state index in [1.165, 1.54) is 17.6 Å². The van der Waals surface area contributed by atoms with Gasteiger partial charge >= 0.3 is 0 Å². The number of nitrogens with zero attached hydrogens (tertiary/aromatic N) is 5. The van der Waals surface area contributed by atoms with Gasteiger partial charge in [-0.05, 0) is 56.4 Å². The smallest absolute Gasteiger partial charge is 0.248 e. The average molecular weight is 512 g/mol. The number of aryl methyl sites for hydroxylation is 1. The Morgan fingerprint density at radius 2 is 1.95 bits per heavy atom. The topological polar surface area (TPSA) is 153 Å². The third-order valence-electron chi connectivity index (χ3n) is 5.99. The minimum Gasteiger partial charge on any atom is -0.366 e. The van der Waals surface area contributed by atoms with Crippen molar-refractivity contribution in [3.63, 3.8) is 0 Å². The largest absolute Gasteiger partial charge is 0.366 e. The Morgan fingerprint density at radius 1 is 1.16 bits per heavy atom. The summed E-state index contributed by atoms with van der Waals surface area (Å²) >= 11 is 0. The predicted molar refractivity (Wildman–Crippen MR) is 146 cm³/mol. The van der Waals surface area contributed by atoms with Crippen molar-refractivity contribution in [1.29, 1.82) is 5.26 Å². The molecular formula is C27H29N9O2. The number of amides is 2. The van der Waals surface area contributed by atoms with Gasteiger partial charge in [-0.1, -0.05) is 18.2 Å². The highest BCUT2D eigenvalue weighted by Gasteiger charge is 2.18. The van der Waals surface area contributed by atoms with Gasteiger partial charge in [0.1, 0.15) is 6.07 Å². The molecule has 0 radical (unpaired) electrons. The molecule has 0 spiro atoms. The van der Waals surface area contributed by atoms with E-state index in [2.05, 4.69) is 32.1 Å². The first-order valence-electron chi connectivity index (χ1n) is 11.9. The van der Waals surface area contributed by atoms with Gasteiger partial charge in [0.25, 0.3) is 0 Å². The first-order valence-corrected chi connectivity index (χ1v) is 11.9. The molecule has 4 rings (SSSR count). The van der Waals surface area contributed by atoms with Crippen LogP contribution in [0.25, 0.3) is 5.65 Å². The number of imidazole rings is 1. The van der Waals surface area contributed by atoms with Crippen molar-refractivity contribution in [2.24, 2.45) is 5.73 Å². The third-order valence-corrected chi connectivity index (χ3v) is 5.99. The molecule has 2 amide bonds. The summed E-state index contributed by atoms with van der Waals surface area (Å²) in [7, 11) is 3.88. The van der Waals surface area contributed by atoms with E-state index in [0.717, 1.165) is 11.1 Å². The molecule has 194 valence electrons. The fraction of sp³-hybridized carbons (Fsp3) is 0.222. The molecule has 5 N–H and O–H groups in total. The fourth-order valence-corrected chi connectivity index (χ4v) is 4.00. The number of hydrogen-bond acceptors (Lipinski definition) is 8. The Kier molecular flexibility index (Phi) is 7.55. The van der Waals surface area contributed by atoms with Crippen LogP contribution < -0.4 is 21.7 Å². The molecule has 11 heteroatoms. The summed E-state index contributed by atoms with van der Waals surface area (Å²) < 4.78 is 1.48. The van der Waals surface area contributed by atoms with Gasteiger partial charge in [0.15, 0.2) is 17.2 Å². The Bertz CT molecular complexity index is 1550. The number of anilines is 4. The Hall–Kier alpha value is -4.95. The van der Waals surface area contributed by atoms with Crippen molar-refractivity contribution >= 4 is 40.3 Å². The van der Waals surface area contributed by atoms with Crippen LogP contribution in [0.5, 0.6) is 0 Å². The Labute approximate surface area is 220 Å². The van der Waals surface area contributed by atoms with Gasteiger partial charge < -0.3 is 21.7 Å². The number of nitriles is 1. The number of hydrogen-bond donors (Lipinski definition) is 4. The number of primary amides is 1. The maximum Gasteiger partial charge on any atom is 0.248 e. The summed E-state index contributed by atoms with van der Waals surface area (Å²) in [5.41, 5.74) is 10.6. The quantitative estimate of drug-likeness (QED) is 0.250. The Balaban J connectivity index is 1.69. The first kappa shape index (κ1) is 26.1. The molecule has 0 saturated carbocycles. The molecule has 0 aliphatic rings. The van der Waals surface area contributed by atoms with E-state index in [4.69, 9.17) is 5.73 Å². The van der Waals surface area contributed by atoms with Gasteiger partial charge in [0, 0.05) is 36.3 Å². The summed E-state index contributed by atoms with van der Waals surface area (Å²) in [6.45, 7) is 3.37. The minimum absolute atomic E-state index is 0.163. The predicted octanol–water partition coefficient (Wildman–Crippen LogP) is 3.25. The van der Waals surface area contributed by atoms with Gasteiger partial charge in [0.2, 0.25) is 11.8 Å². The summed E-state index contributed by atoms with van der Waals surface area (Å²) in [6, 6.07) is 16.7. The van der Waals surface area contributed by atoms with Gasteiger partial charge in [0.05, 0.1) is 18.1 Å². The molecule has 4 aromatic rings. The molecule has 11 nitrogen and oxygen atoms in total. The highest BCUT2D eigenvalue weighted by molar-refractivity contribution is 5.93. The van der Waals surface area contributed by atoms with Crippen LogP contribution in [-0.4, -0.2) is 51.6 Å². The molecule has 2 heterocycles. The van der Waals surface area contributed by atoms with Gasteiger partial charge in [-0.3, -0.25) is 14.5 Å². The van der Waals surface area contributed by atoms with E-state index in [-0.39, 0.29) is 17.8 Å². The lowest BCUT2D eigenvalue weighted by atomic mass is 10.1. The SMILES string of the molecule is CC(=O)Nc1cc(Nc2cc(NC(Cc3cccc(C(N)=O)c3)N(C)C)c3ncc(C#N)n3n2)ccc1C. The zero-order valence-electron chi connectivity index (χ0n) is 21.6. The molecule has 38 heavy (non-hydrogen) atoms. The molecule has 0 fully saturated rings. The second kappa shape index (κ2) is 11.0. The van der Waals surface area contributed by atoms with Crippen molar-refractivity contribution in [2.75, 3.05) is 30.0 Å². The first-order chi connectivity index (χ1) is 18.1. The number of aromatic nitrogens is 3. The van der Waals surface area contributed by atoms with E-state index in [0.29, 0.717) is 40.5 Å². The molecule has 0 aliphatic heterocycles. The maximum absolute atomic E-state index is 11.6.